The Balaban J connectivity index is 1.44. The van der Waals surface area contributed by atoms with Crippen LogP contribution in [0.5, 0.6) is 0 Å². The largest absolute Gasteiger partial charge is 0.325 e. The minimum atomic E-state index is -0.565. The highest BCUT2D eigenvalue weighted by Gasteiger charge is 2.21. The van der Waals surface area contributed by atoms with Crippen LogP contribution in [0.2, 0.25) is 0 Å². The molecule has 0 unspecified atom stereocenters. The molecule has 0 saturated carbocycles. The molecule has 1 aromatic carbocycles. The van der Waals surface area contributed by atoms with Crippen molar-refractivity contribution in [1.29, 1.82) is 0 Å². The molecule has 9 nitrogen and oxygen atoms in total. The van der Waals surface area contributed by atoms with Gasteiger partial charge in [-0.2, -0.15) is 5.10 Å². The lowest BCUT2D eigenvalue weighted by Crippen LogP contribution is -2.10. The normalized spacial score (nSPS) is 11.3. The number of imidazole rings is 1. The van der Waals surface area contributed by atoms with Crippen molar-refractivity contribution in [3.05, 3.63) is 72.8 Å². The number of carbonyl (C=O) groups excluding carboxylic acids is 1. The molecule has 188 valence electrons. The Bertz CT molecular complexity index is 1810. The van der Waals surface area contributed by atoms with E-state index in [-0.39, 0.29) is 34.0 Å². The van der Waals surface area contributed by atoms with Crippen LogP contribution in [0, 0.1) is 11.6 Å². The molecule has 5 heterocycles. The van der Waals surface area contributed by atoms with Gasteiger partial charge in [-0.1, -0.05) is 19.1 Å². The number of H-pyrrole nitrogens is 2. The van der Waals surface area contributed by atoms with Gasteiger partial charge in [0.25, 0.3) is 0 Å². The minimum Gasteiger partial charge on any atom is -0.325 e. The Morgan fingerprint density at radius 2 is 1.82 bits per heavy atom. The first kappa shape index (κ1) is 23.3. The molecule has 6 rings (SSSR count). The van der Waals surface area contributed by atoms with Gasteiger partial charge in [0.1, 0.15) is 22.8 Å². The summed E-state index contributed by atoms with van der Waals surface area (Å²) in [5.74, 6) is -0.752. The van der Waals surface area contributed by atoms with Crippen molar-refractivity contribution in [3.63, 3.8) is 0 Å². The van der Waals surface area contributed by atoms with Gasteiger partial charge >= 0.3 is 0 Å². The summed E-state index contributed by atoms with van der Waals surface area (Å²) < 4.78 is 29.4. The molecule has 6 aromatic rings. The number of hydrogen-bond acceptors (Lipinski definition) is 6. The molecule has 11 heteroatoms. The fraction of sp³-hybridized carbons (Fsp3) is 0.111. The molecule has 38 heavy (non-hydrogen) atoms. The Kier molecular flexibility index (Phi) is 5.79. The second-order valence-corrected chi connectivity index (χ2v) is 8.69. The number of amides is 1. The summed E-state index contributed by atoms with van der Waals surface area (Å²) >= 11 is 0. The van der Waals surface area contributed by atoms with Crippen LogP contribution >= 0.6 is 0 Å². The van der Waals surface area contributed by atoms with Crippen LogP contribution < -0.4 is 5.32 Å². The number of nitrogens with zero attached hydrogens (tertiary/aromatic N) is 5. The zero-order valence-corrected chi connectivity index (χ0v) is 20.1. The van der Waals surface area contributed by atoms with Gasteiger partial charge in [0, 0.05) is 41.7 Å². The first-order chi connectivity index (χ1) is 18.5. The van der Waals surface area contributed by atoms with Gasteiger partial charge in [-0.25, -0.2) is 23.7 Å². The average molecular weight is 511 g/mol. The van der Waals surface area contributed by atoms with Crippen LogP contribution in [-0.4, -0.2) is 41.0 Å². The molecule has 0 aliphatic rings. The number of pyridine rings is 3. The average Bonchev–Trinajstić information content (AvgIpc) is 3.54. The van der Waals surface area contributed by atoms with Gasteiger partial charge in [0.05, 0.1) is 17.3 Å². The van der Waals surface area contributed by atoms with Crippen molar-refractivity contribution in [1.82, 2.24) is 35.1 Å². The number of carbonyl (C=O) groups is 1. The van der Waals surface area contributed by atoms with Crippen LogP contribution in [0.15, 0.2) is 61.2 Å². The molecule has 0 spiro atoms. The third-order valence-electron chi connectivity index (χ3n) is 6.10. The van der Waals surface area contributed by atoms with Gasteiger partial charge < -0.3 is 10.3 Å². The number of anilines is 1. The zero-order valence-electron chi connectivity index (χ0n) is 20.1. The molecule has 5 aromatic heterocycles. The summed E-state index contributed by atoms with van der Waals surface area (Å²) in [5.41, 5.74) is 4.09. The number of aromatic amines is 2. The fourth-order valence-corrected chi connectivity index (χ4v) is 4.32. The van der Waals surface area contributed by atoms with Crippen LogP contribution in [0.25, 0.3) is 56.0 Å². The highest BCUT2D eigenvalue weighted by molar-refractivity contribution is 5.97. The Morgan fingerprint density at radius 1 is 0.974 bits per heavy atom. The lowest BCUT2D eigenvalue weighted by Gasteiger charge is -2.08. The van der Waals surface area contributed by atoms with Crippen molar-refractivity contribution in [2.75, 3.05) is 5.32 Å². The first-order valence-corrected chi connectivity index (χ1v) is 11.9. The summed E-state index contributed by atoms with van der Waals surface area (Å²) in [4.78, 5) is 32.6. The number of rotatable bonds is 6. The summed E-state index contributed by atoms with van der Waals surface area (Å²) in [7, 11) is 0. The number of halogens is 2. The predicted octanol–water partition coefficient (Wildman–Crippen LogP) is 5.64. The van der Waals surface area contributed by atoms with Gasteiger partial charge in [-0.05, 0) is 36.2 Å². The van der Waals surface area contributed by atoms with Crippen molar-refractivity contribution >= 4 is 33.8 Å². The number of benzene rings is 1. The summed E-state index contributed by atoms with van der Waals surface area (Å²) in [6, 6.07) is 9.49. The molecule has 0 saturated heterocycles. The Hall–Kier alpha value is -5.06. The monoisotopic (exact) mass is 510 g/mol. The van der Waals surface area contributed by atoms with E-state index in [1.54, 1.807) is 30.5 Å². The van der Waals surface area contributed by atoms with Crippen LogP contribution in [0.1, 0.15) is 19.8 Å². The zero-order chi connectivity index (χ0) is 26.2. The third-order valence-corrected chi connectivity index (χ3v) is 6.10. The molecule has 0 aliphatic heterocycles. The molecular formula is C27H20F2N8O. The molecule has 0 bridgehead atoms. The van der Waals surface area contributed by atoms with Gasteiger partial charge in [-0.15, -0.1) is 0 Å². The summed E-state index contributed by atoms with van der Waals surface area (Å²) in [5, 5.41) is 9.95. The second kappa shape index (κ2) is 9.43. The standard InChI is InChI=1S/C27H20F2N8O/c1-2-3-20(38)33-17-10-15(11-30-12-17)19-13-32-25-21(22(19)29)24(36-37-25)27-34-23-18(8-9-31-26(23)35-27)14-4-6-16(28)7-5-14/h4-13H,2-3H2,1H3,(H,33,38)(H,31,34,35)(H,32,36,37). The Labute approximate surface area is 214 Å². The van der Waals surface area contributed by atoms with Crippen molar-refractivity contribution < 1.29 is 13.6 Å². The first-order valence-electron chi connectivity index (χ1n) is 11.9. The van der Waals surface area contributed by atoms with Crippen molar-refractivity contribution in [2.45, 2.75) is 19.8 Å². The van der Waals surface area contributed by atoms with Crippen molar-refractivity contribution in [2.24, 2.45) is 0 Å². The molecule has 0 fully saturated rings. The Morgan fingerprint density at radius 3 is 2.63 bits per heavy atom. The second-order valence-electron chi connectivity index (χ2n) is 8.69. The lowest BCUT2D eigenvalue weighted by atomic mass is 10.1. The van der Waals surface area contributed by atoms with E-state index in [9.17, 15) is 9.18 Å². The maximum Gasteiger partial charge on any atom is 0.224 e. The quantitative estimate of drug-likeness (QED) is 0.266. The molecular weight excluding hydrogens is 490 g/mol. The van der Waals surface area contributed by atoms with E-state index < -0.39 is 5.82 Å². The number of nitrogens with one attached hydrogen (secondary N) is 3. The van der Waals surface area contributed by atoms with Crippen LogP contribution in [-0.2, 0) is 4.79 Å². The van der Waals surface area contributed by atoms with E-state index in [0.717, 1.165) is 11.1 Å². The maximum absolute atomic E-state index is 16.0. The fourth-order valence-electron chi connectivity index (χ4n) is 4.32. The SMILES string of the molecule is CCCC(=O)Nc1cncc(-c2cnc3[nH]nc(-c4nc5c(-c6ccc(F)cc6)ccnc5[nH]4)c3c2F)c1. The number of fused-ring (bicyclic) bond motifs is 2. The van der Waals surface area contributed by atoms with E-state index >= 15 is 4.39 Å². The van der Waals surface area contributed by atoms with E-state index in [2.05, 4.69) is 40.4 Å². The smallest absolute Gasteiger partial charge is 0.224 e. The third kappa shape index (κ3) is 4.13. The minimum absolute atomic E-state index is 0.142. The highest BCUT2D eigenvalue weighted by Crippen LogP contribution is 2.34. The molecule has 0 aliphatic carbocycles. The van der Waals surface area contributed by atoms with Gasteiger partial charge in [0.2, 0.25) is 5.91 Å². The molecule has 3 N–H and O–H groups in total. The van der Waals surface area contributed by atoms with E-state index in [4.69, 9.17) is 0 Å². The van der Waals surface area contributed by atoms with Crippen molar-refractivity contribution in [3.8, 4) is 33.8 Å². The maximum atomic E-state index is 16.0. The van der Waals surface area contributed by atoms with Crippen LogP contribution in [0.4, 0.5) is 14.5 Å². The van der Waals surface area contributed by atoms with E-state index in [0.29, 0.717) is 41.1 Å². The topological polar surface area (TPSA) is 125 Å². The molecule has 0 radical (unpaired) electrons. The summed E-state index contributed by atoms with van der Waals surface area (Å²) in [6.45, 7) is 1.91. The van der Waals surface area contributed by atoms with Gasteiger partial charge in [-0.3, -0.25) is 14.9 Å². The molecule has 0 atom stereocenters. The number of aromatic nitrogens is 7. The lowest BCUT2D eigenvalue weighted by molar-refractivity contribution is -0.116. The van der Waals surface area contributed by atoms with Crippen LogP contribution in [0.3, 0.4) is 0 Å². The predicted molar refractivity (Wildman–Crippen MR) is 139 cm³/mol. The highest BCUT2D eigenvalue weighted by atomic mass is 19.1. The molecule has 1 amide bonds. The van der Waals surface area contributed by atoms with E-state index in [1.165, 1.54) is 30.7 Å². The summed E-state index contributed by atoms with van der Waals surface area (Å²) in [6.07, 6.45) is 7.09. The number of hydrogen-bond donors (Lipinski definition) is 3. The van der Waals surface area contributed by atoms with E-state index in [1.807, 2.05) is 6.92 Å². The van der Waals surface area contributed by atoms with Gasteiger partial charge in [0.15, 0.2) is 17.1 Å².